The fourth-order valence-corrected chi connectivity index (χ4v) is 5.00. The molecule has 0 aliphatic carbocycles. The van der Waals surface area contributed by atoms with E-state index < -0.39 is 0 Å². The van der Waals surface area contributed by atoms with E-state index in [9.17, 15) is 4.79 Å². The molecular formula is C18H21Cl2N3O2S2. The minimum absolute atomic E-state index is 0.0315. The largest absolute Gasteiger partial charge is 0.385 e. The van der Waals surface area contributed by atoms with Crippen LogP contribution in [-0.2, 0) is 4.74 Å². The summed E-state index contributed by atoms with van der Waals surface area (Å²) < 4.78 is 5.96. The molecular weight excluding hydrogens is 425 g/mol. The molecule has 1 aliphatic rings. The standard InChI is InChI=1S/C18H21Cl2N3O2S2/c1-25-10-2-5-21-18(26)23-8-6-22(7-9-23)17(24)16-15(20)13-4-3-12(19)11-14(13)27-16/h3-4,11H,2,5-10H2,1H3,(H,21,26). The van der Waals surface area contributed by atoms with Gasteiger partial charge in [-0.1, -0.05) is 29.3 Å². The number of rotatable bonds is 5. The molecule has 0 spiro atoms. The summed E-state index contributed by atoms with van der Waals surface area (Å²) in [6, 6.07) is 5.49. The summed E-state index contributed by atoms with van der Waals surface area (Å²) >= 11 is 19.3. The Balaban J connectivity index is 1.59. The maximum Gasteiger partial charge on any atom is 0.265 e. The normalized spacial score (nSPS) is 14.6. The van der Waals surface area contributed by atoms with Crippen molar-refractivity contribution >= 4 is 67.9 Å². The summed E-state index contributed by atoms with van der Waals surface area (Å²) in [5.74, 6) is -0.0315. The Hall–Kier alpha value is -1.12. The molecule has 0 saturated carbocycles. The number of halogens is 2. The number of piperazine rings is 1. The number of ether oxygens (including phenoxy) is 1. The van der Waals surface area contributed by atoms with Gasteiger partial charge in [-0.25, -0.2) is 0 Å². The molecule has 0 atom stereocenters. The number of nitrogens with zero attached hydrogens (tertiary/aromatic N) is 2. The lowest BCUT2D eigenvalue weighted by Gasteiger charge is -2.36. The zero-order valence-corrected chi connectivity index (χ0v) is 18.1. The van der Waals surface area contributed by atoms with Crippen LogP contribution in [0.2, 0.25) is 10.0 Å². The number of thiocarbonyl (C=S) groups is 1. The molecule has 0 radical (unpaired) electrons. The van der Waals surface area contributed by atoms with Crippen LogP contribution in [0.5, 0.6) is 0 Å². The molecule has 0 bridgehead atoms. The second-order valence-electron chi connectivity index (χ2n) is 6.24. The number of carbonyl (C=O) groups is 1. The molecule has 1 amide bonds. The summed E-state index contributed by atoms with van der Waals surface area (Å²) in [4.78, 5) is 17.4. The fraction of sp³-hybridized carbons (Fsp3) is 0.444. The highest BCUT2D eigenvalue weighted by Crippen LogP contribution is 2.37. The van der Waals surface area contributed by atoms with Crippen LogP contribution in [0, 0.1) is 0 Å². The Morgan fingerprint density at radius 2 is 1.96 bits per heavy atom. The third-order valence-corrected chi connectivity index (χ3v) is 6.72. The van der Waals surface area contributed by atoms with Gasteiger partial charge < -0.3 is 19.9 Å². The van der Waals surface area contributed by atoms with E-state index in [4.69, 9.17) is 40.2 Å². The van der Waals surface area contributed by atoms with Crippen LogP contribution < -0.4 is 5.32 Å². The quantitative estimate of drug-likeness (QED) is 0.558. The zero-order chi connectivity index (χ0) is 19.4. The number of nitrogens with one attached hydrogen (secondary N) is 1. The lowest BCUT2D eigenvalue weighted by Crippen LogP contribution is -2.53. The molecule has 1 saturated heterocycles. The van der Waals surface area contributed by atoms with Gasteiger partial charge in [0.15, 0.2) is 5.11 Å². The number of thiophene rings is 1. The molecule has 3 rings (SSSR count). The minimum atomic E-state index is -0.0315. The lowest BCUT2D eigenvalue weighted by molar-refractivity contribution is 0.0696. The first-order chi connectivity index (χ1) is 13.0. The Bertz CT molecular complexity index is 835. The number of hydrogen-bond acceptors (Lipinski definition) is 4. The van der Waals surface area contributed by atoms with E-state index in [1.165, 1.54) is 11.3 Å². The monoisotopic (exact) mass is 445 g/mol. The van der Waals surface area contributed by atoms with Gasteiger partial charge in [-0.15, -0.1) is 11.3 Å². The molecule has 2 aromatic rings. The maximum atomic E-state index is 12.9. The number of amides is 1. The van der Waals surface area contributed by atoms with Crippen molar-refractivity contribution in [1.82, 2.24) is 15.1 Å². The molecule has 1 N–H and O–H groups in total. The first-order valence-corrected chi connectivity index (χ1v) is 10.7. The summed E-state index contributed by atoms with van der Waals surface area (Å²) in [5, 5.41) is 5.98. The highest BCUT2D eigenvalue weighted by Gasteiger charge is 2.26. The molecule has 5 nitrogen and oxygen atoms in total. The molecule has 1 aliphatic heterocycles. The van der Waals surface area contributed by atoms with E-state index in [0.717, 1.165) is 28.2 Å². The fourth-order valence-electron chi connectivity index (χ4n) is 2.96. The van der Waals surface area contributed by atoms with E-state index in [1.807, 2.05) is 17.0 Å². The Labute approximate surface area is 178 Å². The van der Waals surface area contributed by atoms with Gasteiger partial charge in [0.2, 0.25) is 0 Å². The van der Waals surface area contributed by atoms with Gasteiger partial charge in [0, 0.05) is 61.5 Å². The van der Waals surface area contributed by atoms with Crippen molar-refractivity contribution in [3.63, 3.8) is 0 Å². The van der Waals surface area contributed by atoms with Crippen molar-refractivity contribution in [1.29, 1.82) is 0 Å². The van der Waals surface area contributed by atoms with Crippen molar-refractivity contribution in [2.75, 3.05) is 46.4 Å². The van der Waals surface area contributed by atoms with Crippen molar-refractivity contribution in [2.24, 2.45) is 0 Å². The lowest BCUT2D eigenvalue weighted by atomic mass is 10.2. The third kappa shape index (κ3) is 4.84. The zero-order valence-electron chi connectivity index (χ0n) is 15.0. The molecule has 146 valence electrons. The average Bonchev–Trinajstić information content (AvgIpc) is 3.00. The first-order valence-electron chi connectivity index (χ1n) is 8.70. The first kappa shape index (κ1) is 20.6. The second-order valence-corrected chi connectivity index (χ2v) is 8.50. The summed E-state index contributed by atoms with van der Waals surface area (Å²) in [7, 11) is 1.69. The van der Waals surface area contributed by atoms with E-state index in [1.54, 1.807) is 13.2 Å². The van der Waals surface area contributed by atoms with Gasteiger partial charge in [0.05, 0.1) is 5.02 Å². The summed E-state index contributed by atoms with van der Waals surface area (Å²) in [6.07, 6.45) is 0.906. The maximum absolute atomic E-state index is 12.9. The predicted octanol–water partition coefficient (Wildman–Crippen LogP) is 3.88. The molecule has 9 heteroatoms. The molecule has 0 unspecified atom stereocenters. The van der Waals surface area contributed by atoms with Gasteiger partial charge in [0.1, 0.15) is 4.88 Å². The number of fused-ring (bicyclic) bond motifs is 1. The number of carbonyl (C=O) groups excluding carboxylic acids is 1. The van der Waals surface area contributed by atoms with Gasteiger partial charge >= 0.3 is 0 Å². The number of benzene rings is 1. The molecule has 2 heterocycles. The van der Waals surface area contributed by atoms with E-state index in [-0.39, 0.29) is 5.91 Å². The third-order valence-electron chi connectivity index (χ3n) is 4.44. The predicted molar refractivity (Wildman–Crippen MR) is 116 cm³/mol. The topological polar surface area (TPSA) is 44.8 Å². The van der Waals surface area contributed by atoms with Gasteiger partial charge in [0.25, 0.3) is 5.91 Å². The highest BCUT2D eigenvalue weighted by atomic mass is 35.5. The molecule has 27 heavy (non-hydrogen) atoms. The van der Waals surface area contributed by atoms with Crippen molar-refractivity contribution in [3.8, 4) is 0 Å². The van der Waals surface area contributed by atoms with E-state index in [0.29, 0.717) is 47.7 Å². The minimum Gasteiger partial charge on any atom is -0.385 e. The smallest absolute Gasteiger partial charge is 0.265 e. The Morgan fingerprint density at radius 3 is 2.67 bits per heavy atom. The van der Waals surface area contributed by atoms with Crippen LogP contribution in [0.25, 0.3) is 10.1 Å². The van der Waals surface area contributed by atoms with Crippen molar-refractivity contribution in [2.45, 2.75) is 6.42 Å². The molecule has 1 aromatic carbocycles. The average molecular weight is 446 g/mol. The van der Waals surface area contributed by atoms with E-state index in [2.05, 4.69) is 10.2 Å². The second kappa shape index (κ2) is 9.39. The summed E-state index contributed by atoms with van der Waals surface area (Å²) in [5.41, 5.74) is 0. The van der Waals surface area contributed by atoms with Crippen LogP contribution >= 0.6 is 46.8 Å². The molecule has 1 aromatic heterocycles. The number of hydrogen-bond donors (Lipinski definition) is 1. The highest BCUT2D eigenvalue weighted by molar-refractivity contribution is 7.80. The van der Waals surface area contributed by atoms with Gasteiger partial charge in [-0.05, 0) is 30.8 Å². The van der Waals surface area contributed by atoms with Crippen LogP contribution in [0.3, 0.4) is 0 Å². The summed E-state index contributed by atoms with van der Waals surface area (Å²) in [6.45, 7) is 4.13. The van der Waals surface area contributed by atoms with Crippen LogP contribution in [0.1, 0.15) is 16.1 Å². The molecule has 1 fully saturated rings. The van der Waals surface area contributed by atoms with Gasteiger partial charge in [-0.3, -0.25) is 4.79 Å². The van der Waals surface area contributed by atoms with Gasteiger partial charge in [-0.2, -0.15) is 0 Å². The van der Waals surface area contributed by atoms with E-state index >= 15 is 0 Å². The van der Waals surface area contributed by atoms with Crippen LogP contribution in [-0.4, -0.2) is 67.3 Å². The van der Waals surface area contributed by atoms with Crippen molar-refractivity contribution < 1.29 is 9.53 Å². The number of methoxy groups -OCH3 is 1. The SMILES string of the molecule is COCCCNC(=S)N1CCN(C(=O)c2sc3cc(Cl)ccc3c2Cl)CC1. The Morgan fingerprint density at radius 1 is 1.26 bits per heavy atom. The van der Waals surface area contributed by atoms with Crippen molar-refractivity contribution in [3.05, 3.63) is 33.1 Å². The van der Waals surface area contributed by atoms with Crippen LogP contribution in [0.15, 0.2) is 18.2 Å². The Kier molecular flexibility index (Phi) is 7.16. The van der Waals surface area contributed by atoms with Crippen LogP contribution in [0.4, 0.5) is 0 Å².